The van der Waals surface area contributed by atoms with Crippen LogP contribution in [0.3, 0.4) is 0 Å². The van der Waals surface area contributed by atoms with Gasteiger partial charge in [-0.3, -0.25) is 0 Å². The molecule has 1 unspecified atom stereocenters. The Bertz CT molecular complexity index is 420. The van der Waals surface area contributed by atoms with Crippen LogP contribution in [0.25, 0.3) is 0 Å². The van der Waals surface area contributed by atoms with Crippen LogP contribution < -0.4 is 9.47 Å². The first kappa shape index (κ1) is 14.2. The molecule has 1 aromatic rings. The van der Waals surface area contributed by atoms with Crippen molar-refractivity contribution in [1.29, 1.82) is 0 Å². The Hall–Kier alpha value is -1.22. The molecular weight excluding hydrogens is 240 g/mol. The maximum absolute atomic E-state index is 10.1. The zero-order valence-corrected chi connectivity index (χ0v) is 12.1. The van der Waals surface area contributed by atoms with E-state index in [0.29, 0.717) is 6.61 Å². The first-order valence-electron chi connectivity index (χ1n) is 7.03. The minimum atomic E-state index is -0.288. The van der Waals surface area contributed by atoms with Crippen LogP contribution >= 0.6 is 0 Å². The molecule has 3 nitrogen and oxygen atoms in total. The summed E-state index contributed by atoms with van der Waals surface area (Å²) in [5.41, 5.74) is 1.12. The van der Waals surface area contributed by atoms with Gasteiger partial charge in [0.2, 0.25) is 0 Å². The second-order valence-electron chi connectivity index (χ2n) is 6.25. The van der Waals surface area contributed by atoms with Crippen LogP contribution in [-0.4, -0.2) is 24.4 Å². The molecule has 1 aliphatic rings. The first-order valence-corrected chi connectivity index (χ1v) is 7.03. The van der Waals surface area contributed by atoms with E-state index < -0.39 is 0 Å². The van der Waals surface area contributed by atoms with Crippen molar-refractivity contribution in [3.8, 4) is 11.5 Å². The van der Waals surface area contributed by atoms with E-state index in [-0.39, 0.29) is 11.5 Å². The summed E-state index contributed by atoms with van der Waals surface area (Å²) >= 11 is 0. The number of benzene rings is 1. The molecule has 0 aliphatic carbocycles. The highest BCUT2D eigenvalue weighted by Gasteiger charge is 2.21. The first-order chi connectivity index (χ1) is 8.97. The Kier molecular flexibility index (Phi) is 4.35. The third-order valence-corrected chi connectivity index (χ3v) is 3.52. The standard InChI is InChI=1S/C16H24O3/c1-16(2,3)15(17)8-6-12-5-7-13-14(11-12)19-10-4-9-18-13/h5,7,11,15,17H,4,6,8-10H2,1-3H3. The zero-order valence-electron chi connectivity index (χ0n) is 12.1. The average Bonchev–Trinajstić information content (AvgIpc) is 2.59. The van der Waals surface area contributed by atoms with Crippen molar-refractivity contribution in [2.75, 3.05) is 13.2 Å². The number of hydrogen-bond acceptors (Lipinski definition) is 3. The van der Waals surface area contributed by atoms with Gasteiger partial charge in [0.1, 0.15) is 0 Å². The van der Waals surface area contributed by atoms with Gasteiger partial charge >= 0.3 is 0 Å². The van der Waals surface area contributed by atoms with E-state index in [1.54, 1.807) is 0 Å². The summed E-state index contributed by atoms with van der Waals surface area (Å²) in [6.45, 7) is 7.61. The molecule has 0 saturated heterocycles. The molecule has 19 heavy (non-hydrogen) atoms. The van der Waals surface area contributed by atoms with E-state index in [4.69, 9.17) is 9.47 Å². The lowest BCUT2D eigenvalue weighted by Crippen LogP contribution is -2.26. The van der Waals surface area contributed by atoms with Gasteiger partial charge in [0.25, 0.3) is 0 Å². The third kappa shape index (κ3) is 3.87. The summed E-state index contributed by atoms with van der Waals surface area (Å²) in [5.74, 6) is 1.66. The van der Waals surface area contributed by atoms with Crippen LogP contribution in [0.15, 0.2) is 18.2 Å². The SMILES string of the molecule is CC(C)(C)C(O)CCc1ccc2c(c1)OCCCO2. The van der Waals surface area contributed by atoms with E-state index in [0.717, 1.165) is 37.4 Å². The Morgan fingerprint density at radius 3 is 2.53 bits per heavy atom. The molecule has 1 aromatic carbocycles. The molecular formula is C16H24O3. The van der Waals surface area contributed by atoms with E-state index in [2.05, 4.69) is 26.8 Å². The molecule has 0 aromatic heterocycles. The summed E-state index contributed by atoms with van der Waals surface area (Å²) in [5, 5.41) is 10.1. The maximum Gasteiger partial charge on any atom is 0.161 e. The predicted molar refractivity (Wildman–Crippen MR) is 75.8 cm³/mol. The number of aliphatic hydroxyl groups excluding tert-OH is 1. The monoisotopic (exact) mass is 264 g/mol. The van der Waals surface area contributed by atoms with Crippen LogP contribution in [0.5, 0.6) is 11.5 Å². The van der Waals surface area contributed by atoms with Crippen LogP contribution in [0, 0.1) is 5.41 Å². The molecule has 0 bridgehead atoms. The molecule has 1 N–H and O–H groups in total. The minimum absolute atomic E-state index is 0.0642. The second kappa shape index (κ2) is 5.83. The summed E-state index contributed by atoms with van der Waals surface area (Å²) in [6.07, 6.45) is 2.26. The highest BCUT2D eigenvalue weighted by Crippen LogP contribution is 2.31. The Labute approximate surface area is 115 Å². The smallest absolute Gasteiger partial charge is 0.161 e. The van der Waals surface area contributed by atoms with Gasteiger partial charge in [0, 0.05) is 6.42 Å². The minimum Gasteiger partial charge on any atom is -0.490 e. The van der Waals surface area contributed by atoms with Gasteiger partial charge in [0.05, 0.1) is 19.3 Å². The molecule has 0 fully saturated rings. The lowest BCUT2D eigenvalue weighted by molar-refractivity contribution is 0.0560. The zero-order chi connectivity index (χ0) is 13.9. The van der Waals surface area contributed by atoms with Gasteiger partial charge in [-0.2, -0.15) is 0 Å². The molecule has 0 radical (unpaired) electrons. The topological polar surface area (TPSA) is 38.7 Å². The van der Waals surface area contributed by atoms with Gasteiger partial charge in [-0.15, -0.1) is 0 Å². The highest BCUT2D eigenvalue weighted by atomic mass is 16.5. The van der Waals surface area contributed by atoms with Gasteiger partial charge in [-0.25, -0.2) is 0 Å². The molecule has 3 heteroatoms. The fourth-order valence-electron chi connectivity index (χ4n) is 2.10. The van der Waals surface area contributed by atoms with Crippen LogP contribution in [-0.2, 0) is 6.42 Å². The summed E-state index contributed by atoms with van der Waals surface area (Å²) in [7, 11) is 0. The van der Waals surface area contributed by atoms with Crippen molar-refractivity contribution in [2.45, 2.75) is 46.1 Å². The van der Waals surface area contributed by atoms with E-state index in [1.165, 1.54) is 5.56 Å². The number of rotatable bonds is 3. The lowest BCUT2D eigenvalue weighted by Gasteiger charge is -2.25. The van der Waals surface area contributed by atoms with Gasteiger partial charge < -0.3 is 14.6 Å². The van der Waals surface area contributed by atoms with Crippen molar-refractivity contribution in [3.05, 3.63) is 23.8 Å². The van der Waals surface area contributed by atoms with E-state index in [9.17, 15) is 5.11 Å². The van der Waals surface area contributed by atoms with Crippen LogP contribution in [0.1, 0.15) is 39.2 Å². The molecule has 0 spiro atoms. The maximum atomic E-state index is 10.1. The Morgan fingerprint density at radius 1 is 1.16 bits per heavy atom. The van der Waals surface area contributed by atoms with E-state index in [1.807, 2.05) is 12.1 Å². The largest absolute Gasteiger partial charge is 0.490 e. The Balaban J connectivity index is 2.00. The van der Waals surface area contributed by atoms with E-state index >= 15 is 0 Å². The molecule has 0 saturated carbocycles. The number of fused-ring (bicyclic) bond motifs is 1. The van der Waals surface area contributed by atoms with Gasteiger partial charge in [-0.05, 0) is 36.0 Å². The van der Waals surface area contributed by atoms with Crippen LogP contribution in [0.4, 0.5) is 0 Å². The molecule has 1 heterocycles. The van der Waals surface area contributed by atoms with Crippen molar-refractivity contribution in [2.24, 2.45) is 5.41 Å². The number of aryl methyl sites for hydroxylation is 1. The predicted octanol–water partition coefficient (Wildman–Crippen LogP) is 3.19. The number of ether oxygens (including phenoxy) is 2. The summed E-state index contributed by atoms with van der Waals surface area (Å²) < 4.78 is 11.3. The highest BCUT2D eigenvalue weighted by molar-refractivity contribution is 5.43. The van der Waals surface area contributed by atoms with Crippen LogP contribution in [0.2, 0.25) is 0 Å². The third-order valence-electron chi connectivity index (χ3n) is 3.52. The molecule has 0 amide bonds. The summed E-state index contributed by atoms with van der Waals surface area (Å²) in [4.78, 5) is 0. The molecule has 106 valence electrons. The molecule has 1 atom stereocenters. The average molecular weight is 264 g/mol. The lowest BCUT2D eigenvalue weighted by atomic mass is 9.86. The van der Waals surface area contributed by atoms with Crippen molar-refractivity contribution in [3.63, 3.8) is 0 Å². The van der Waals surface area contributed by atoms with Crippen molar-refractivity contribution >= 4 is 0 Å². The van der Waals surface area contributed by atoms with Crippen molar-refractivity contribution in [1.82, 2.24) is 0 Å². The number of aliphatic hydroxyl groups is 1. The number of hydrogen-bond donors (Lipinski definition) is 1. The molecule has 1 aliphatic heterocycles. The van der Waals surface area contributed by atoms with Gasteiger partial charge in [-0.1, -0.05) is 26.8 Å². The Morgan fingerprint density at radius 2 is 1.84 bits per heavy atom. The van der Waals surface area contributed by atoms with Gasteiger partial charge in [0.15, 0.2) is 11.5 Å². The van der Waals surface area contributed by atoms with Crippen molar-refractivity contribution < 1.29 is 14.6 Å². The quantitative estimate of drug-likeness (QED) is 0.911. The fraction of sp³-hybridized carbons (Fsp3) is 0.625. The second-order valence-corrected chi connectivity index (χ2v) is 6.25. The normalized spacial score (nSPS) is 16.8. The fourth-order valence-corrected chi connectivity index (χ4v) is 2.10. The molecule has 2 rings (SSSR count). The summed E-state index contributed by atoms with van der Waals surface area (Å²) in [6, 6.07) is 6.07.